The summed E-state index contributed by atoms with van der Waals surface area (Å²) < 4.78 is 0. The van der Waals surface area contributed by atoms with E-state index in [1.165, 1.54) is 0 Å². The molecule has 104 valence electrons. The molecule has 0 heterocycles. The number of carbonyl (C=O) groups excluding carboxylic acids is 1. The van der Waals surface area contributed by atoms with Crippen LogP contribution in [0.4, 0.5) is 10.5 Å². The Balaban J connectivity index is 1.93. The fourth-order valence-electron chi connectivity index (χ4n) is 2.56. The standard InChI is InChI=1S/C15H22N2O2/c1-12-7-9-15(11-18,10-8-12)17-14(19)16-13-5-3-2-4-6-13/h2-6,12,18H,7-11H2,1H3,(H2,16,17,19). The van der Waals surface area contributed by atoms with Crippen molar-refractivity contribution in [3.05, 3.63) is 30.3 Å². The minimum Gasteiger partial charge on any atom is -0.394 e. The highest BCUT2D eigenvalue weighted by molar-refractivity contribution is 5.89. The van der Waals surface area contributed by atoms with Crippen LogP contribution >= 0.6 is 0 Å². The van der Waals surface area contributed by atoms with E-state index in [0.717, 1.165) is 31.4 Å². The largest absolute Gasteiger partial charge is 0.394 e. The third-order valence-electron chi connectivity index (χ3n) is 3.94. The number of benzene rings is 1. The van der Waals surface area contributed by atoms with Gasteiger partial charge in [0.2, 0.25) is 0 Å². The molecule has 0 aromatic heterocycles. The Hall–Kier alpha value is -1.55. The quantitative estimate of drug-likeness (QED) is 0.784. The summed E-state index contributed by atoms with van der Waals surface area (Å²) in [5, 5.41) is 15.3. The van der Waals surface area contributed by atoms with Crippen LogP contribution in [0.1, 0.15) is 32.6 Å². The molecule has 1 fully saturated rings. The topological polar surface area (TPSA) is 61.4 Å². The Kier molecular flexibility index (Phi) is 4.43. The second kappa shape index (κ2) is 6.06. The van der Waals surface area contributed by atoms with Crippen LogP contribution in [0.25, 0.3) is 0 Å². The lowest BCUT2D eigenvalue weighted by molar-refractivity contribution is 0.113. The Bertz CT molecular complexity index is 411. The zero-order valence-corrected chi connectivity index (χ0v) is 11.4. The van der Waals surface area contributed by atoms with Gasteiger partial charge in [-0.1, -0.05) is 25.1 Å². The predicted octanol–water partition coefficient (Wildman–Crippen LogP) is 2.75. The number of para-hydroxylation sites is 1. The molecule has 3 N–H and O–H groups in total. The highest BCUT2D eigenvalue weighted by Crippen LogP contribution is 2.31. The molecular weight excluding hydrogens is 240 g/mol. The molecule has 0 bridgehead atoms. The lowest BCUT2D eigenvalue weighted by Gasteiger charge is -2.38. The summed E-state index contributed by atoms with van der Waals surface area (Å²) in [5.41, 5.74) is 0.308. The molecule has 2 rings (SSSR count). The Morgan fingerprint density at radius 1 is 1.32 bits per heavy atom. The molecule has 4 nitrogen and oxygen atoms in total. The summed E-state index contributed by atoms with van der Waals surface area (Å²) in [6.07, 6.45) is 3.78. The van der Waals surface area contributed by atoms with Crippen LogP contribution in [0, 0.1) is 5.92 Å². The smallest absolute Gasteiger partial charge is 0.319 e. The van der Waals surface area contributed by atoms with E-state index in [-0.39, 0.29) is 12.6 Å². The van der Waals surface area contributed by atoms with E-state index in [1.807, 2.05) is 30.3 Å². The number of nitrogens with one attached hydrogen (secondary N) is 2. The average Bonchev–Trinajstić information content (AvgIpc) is 2.43. The van der Waals surface area contributed by atoms with Gasteiger partial charge in [0, 0.05) is 5.69 Å². The van der Waals surface area contributed by atoms with E-state index in [1.54, 1.807) is 0 Å². The zero-order valence-electron chi connectivity index (χ0n) is 11.4. The van der Waals surface area contributed by atoms with Crippen LogP contribution in [0.3, 0.4) is 0 Å². The van der Waals surface area contributed by atoms with E-state index in [4.69, 9.17) is 0 Å². The van der Waals surface area contributed by atoms with Gasteiger partial charge < -0.3 is 15.7 Å². The molecule has 4 heteroatoms. The van der Waals surface area contributed by atoms with Crippen molar-refractivity contribution in [3.8, 4) is 0 Å². The molecule has 0 unspecified atom stereocenters. The Morgan fingerprint density at radius 3 is 2.53 bits per heavy atom. The molecule has 1 aliphatic carbocycles. The van der Waals surface area contributed by atoms with E-state index in [0.29, 0.717) is 5.92 Å². The van der Waals surface area contributed by atoms with Gasteiger partial charge in [0.15, 0.2) is 0 Å². The number of aliphatic hydroxyl groups excluding tert-OH is 1. The van der Waals surface area contributed by atoms with Gasteiger partial charge in [0.1, 0.15) is 0 Å². The molecule has 0 aliphatic heterocycles. The van der Waals surface area contributed by atoms with Crippen LogP contribution in [0.5, 0.6) is 0 Å². The molecule has 1 saturated carbocycles. The normalized spacial score (nSPS) is 26.7. The van der Waals surface area contributed by atoms with E-state index in [9.17, 15) is 9.90 Å². The number of urea groups is 1. The van der Waals surface area contributed by atoms with Gasteiger partial charge in [-0.2, -0.15) is 0 Å². The molecule has 0 atom stereocenters. The molecule has 19 heavy (non-hydrogen) atoms. The summed E-state index contributed by atoms with van der Waals surface area (Å²) in [5.74, 6) is 0.679. The Labute approximate surface area is 114 Å². The minimum absolute atomic E-state index is 0.00191. The SMILES string of the molecule is CC1CCC(CO)(NC(=O)Nc2ccccc2)CC1. The van der Waals surface area contributed by atoms with E-state index < -0.39 is 5.54 Å². The number of carbonyl (C=O) groups is 1. The lowest BCUT2D eigenvalue weighted by Crippen LogP contribution is -2.54. The van der Waals surface area contributed by atoms with Gasteiger partial charge in [0.05, 0.1) is 12.1 Å². The third-order valence-corrected chi connectivity index (χ3v) is 3.94. The van der Waals surface area contributed by atoms with Crippen molar-refractivity contribution >= 4 is 11.7 Å². The first-order chi connectivity index (χ1) is 9.13. The van der Waals surface area contributed by atoms with Gasteiger partial charge in [0.25, 0.3) is 0 Å². The van der Waals surface area contributed by atoms with Gasteiger partial charge in [-0.3, -0.25) is 0 Å². The average molecular weight is 262 g/mol. The first-order valence-electron chi connectivity index (χ1n) is 6.89. The zero-order chi connectivity index (χ0) is 13.7. The van der Waals surface area contributed by atoms with Crippen LogP contribution in [0.2, 0.25) is 0 Å². The van der Waals surface area contributed by atoms with Crippen molar-refractivity contribution in [1.29, 1.82) is 0 Å². The maximum Gasteiger partial charge on any atom is 0.319 e. The molecular formula is C15H22N2O2. The maximum atomic E-state index is 12.0. The molecule has 1 aromatic rings. The van der Waals surface area contributed by atoms with Gasteiger partial charge in [-0.05, 0) is 43.7 Å². The van der Waals surface area contributed by atoms with Crippen LogP contribution in [-0.4, -0.2) is 23.3 Å². The monoisotopic (exact) mass is 262 g/mol. The minimum atomic E-state index is -0.453. The van der Waals surface area contributed by atoms with Crippen LogP contribution < -0.4 is 10.6 Å². The molecule has 0 spiro atoms. The van der Waals surface area contributed by atoms with E-state index >= 15 is 0 Å². The lowest BCUT2D eigenvalue weighted by atomic mass is 9.77. The summed E-state index contributed by atoms with van der Waals surface area (Å²) in [7, 11) is 0. The maximum absolute atomic E-state index is 12.0. The fourth-order valence-corrected chi connectivity index (χ4v) is 2.56. The first-order valence-corrected chi connectivity index (χ1v) is 6.89. The fraction of sp³-hybridized carbons (Fsp3) is 0.533. The van der Waals surface area contributed by atoms with Crippen LogP contribution in [-0.2, 0) is 0 Å². The van der Waals surface area contributed by atoms with Crippen LogP contribution in [0.15, 0.2) is 30.3 Å². The molecule has 1 aromatic carbocycles. The number of rotatable bonds is 3. The van der Waals surface area contributed by atoms with Crippen molar-refractivity contribution in [2.24, 2.45) is 5.92 Å². The van der Waals surface area contributed by atoms with Crippen molar-refractivity contribution in [3.63, 3.8) is 0 Å². The Morgan fingerprint density at radius 2 is 1.95 bits per heavy atom. The summed E-state index contributed by atoms with van der Waals surface area (Å²) in [6.45, 7) is 2.22. The number of amides is 2. The van der Waals surface area contributed by atoms with Crippen molar-refractivity contribution in [2.75, 3.05) is 11.9 Å². The van der Waals surface area contributed by atoms with Crippen molar-refractivity contribution in [1.82, 2.24) is 5.32 Å². The summed E-state index contributed by atoms with van der Waals surface area (Å²) in [4.78, 5) is 12.0. The summed E-state index contributed by atoms with van der Waals surface area (Å²) in [6, 6.07) is 9.09. The van der Waals surface area contributed by atoms with Gasteiger partial charge in [-0.15, -0.1) is 0 Å². The second-order valence-electron chi connectivity index (χ2n) is 5.57. The number of anilines is 1. The number of hydrogen-bond donors (Lipinski definition) is 3. The predicted molar refractivity (Wildman–Crippen MR) is 76.0 cm³/mol. The van der Waals surface area contributed by atoms with Gasteiger partial charge in [-0.25, -0.2) is 4.79 Å². The molecule has 0 saturated heterocycles. The van der Waals surface area contributed by atoms with E-state index in [2.05, 4.69) is 17.6 Å². The van der Waals surface area contributed by atoms with Gasteiger partial charge >= 0.3 is 6.03 Å². The second-order valence-corrected chi connectivity index (χ2v) is 5.57. The third kappa shape index (κ3) is 3.70. The first kappa shape index (κ1) is 13.9. The molecule has 1 aliphatic rings. The van der Waals surface area contributed by atoms with Crippen molar-refractivity contribution < 1.29 is 9.90 Å². The van der Waals surface area contributed by atoms with Crippen molar-refractivity contribution in [2.45, 2.75) is 38.1 Å². The number of hydrogen-bond acceptors (Lipinski definition) is 2. The highest BCUT2D eigenvalue weighted by atomic mass is 16.3. The number of aliphatic hydroxyl groups is 1. The summed E-state index contributed by atoms with van der Waals surface area (Å²) >= 11 is 0. The highest BCUT2D eigenvalue weighted by Gasteiger charge is 2.34. The molecule has 2 amide bonds. The molecule has 0 radical (unpaired) electrons.